The highest BCUT2D eigenvalue weighted by atomic mass is 19.4. The zero-order chi connectivity index (χ0) is 17.6. The third-order valence-corrected chi connectivity index (χ3v) is 2.61. The number of halogens is 3. The number of nitrogens with one attached hydrogen (secondary N) is 2. The monoisotopic (exact) mass is 335 g/mol. The van der Waals surface area contributed by atoms with Crippen LogP contribution >= 0.6 is 0 Å². The van der Waals surface area contributed by atoms with E-state index in [1.165, 1.54) is 24.3 Å². The number of amides is 1. The van der Waals surface area contributed by atoms with Gasteiger partial charge in [-0.15, -0.1) is 0 Å². The Morgan fingerprint density at radius 3 is 2.43 bits per heavy atom. The van der Waals surface area contributed by atoms with Gasteiger partial charge in [-0.3, -0.25) is 14.9 Å². The number of benzene rings is 1. The number of anilines is 1. The summed E-state index contributed by atoms with van der Waals surface area (Å²) in [5.74, 6) is -2.87. The highest BCUT2D eigenvalue weighted by molar-refractivity contribution is 5.86. The maximum absolute atomic E-state index is 12.2. The van der Waals surface area contributed by atoms with E-state index in [0.717, 1.165) is 0 Å². The Labute approximate surface area is 127 Å². The molecule has 0 saturated heterocycles. The average molecular weight is 335 g/mol. The molecule has 0 aromatic heterocycles. The van der Waals surface area contributed by atoms with Crippen LogP contribution in [0.4, 0.5) is 24.5 Å². The molecule has 1 amide bonds. The van der Waals surface area contributed by atoms with Gasteiger partial charge in [0.15, 0.2) is 0 Å². The van der Waals surface area contributed by atoms with Crippen LogP contribution in [-0.2, 0) is 9.59 Å². The van der Waals surface area contributed by atoms with Crippen molar-refractivity contribution < 1.29 is 32.8 Å². The SMILES string of the molecule is O=C(CNc1ccccc1[N+](=O)[O-])NC(CC(F)(F)F)C(=O)O. The van der Waals surface area contributed by atoms with Crippen molar-refractivity contribution in [2.45, 2.75) is 18.6 Å². The molecular weight excluding hydrogens is 323 g/mol. The quantitative estimate of drug-likeness (QED) is 0.513. The van der Waals surface area contributed by atoms with E-state index in [2.05, 4.69) is 5.32 Å². The Morgan fingerprint density at radius 1 is 1.30 bits per heavy atom. The predicted octanol–water partition coefficient (Wildman–Crippen LogP) is 1.53. The number of carboxylic acids is 1. The molecule has 0 heterocycles. The van der Waals surface area contributed by atoms with Crippen molar-refractivity contribution in [1.29, 1.82) is 0 Å². The summed E-state index contributed by atoms with van der Waals surface area (Å²) in [4.78, 5) is 32.3. The fourth-order valence-electron chi connectivity index (χ4n) is 1.63. The number of carboxylic acid groups (broad SMARTS) is 1. The summed E-state index contributed by atoms with van der Waals surface area (Å²) >= 11 is 0. The number of alkyl halides is 3. The Balaban J connectivity index is 2.66. The van der Waals surface area contributed by atoms with Gasteiger partial charge in [0.1, 0.15) is 11.7 Å². The van der Waals surface area contributed by atoms with Crippen molar-refractivity contribution in [3.8, 4) is 0 Å². The Kier molecular flexibility index (Phi) is 5.87. The van der Waals surface area contributed by atoms with Crippen molar-refractivity contribution in [2.75, 3.05) is 11.9 Å². The van der Waals surface area contributed by atoms with Crippen LogP contribution in [0, 0.1) is 10.1 Å². The smallest absolute Gasteiger partial charge is 0.391 e. The Hall–Kier alpha value is -2.85. The maximum Gasteiger partial charge on any atom is 0.391 e. The molecule has 0 radical (unpaired) electrons. The molecule has 0 bridgehead atoms. The van der Waals surface area contributed by atoms with E-state index in [9.17, 15) is 32.9 Å². The summed E-state index contributed by atoms with van der Waals surface area (Å²) in [5.41, 5.74) is -0.347. The first-order valence-corrected chi connectivity index (χ1v) is 6.16. The van der Waals surface area contributed by atoms with Crippen LogP contribution in [0.15, 0.2) is 24.3 Å². The van der Waals surface area contributed by atoms with E-state index >= 15 is 0 Å². The molecule has 8 nitrogen and oxygen atoms in total. The van der Waals surface area contributed by atoms with Crippen molar-refractivity contribution >= 4 is 23.3 Å². The minimum atomic E-state index is -4.76. The molecular formula is C12H12F3N3O5. The second kappa shape index (κ2) is 7.42. The predicted molar refractivity (Wildman–Crippen MR) is 71.8 cm³/mol. The van der Waals surface area contributed by atoms with Gasteiger partial charge in [0, 0.05) is 6.07 Å². The highest BCUT2D eigenvalue weighted by Crippen LogP contribution is 2.23. The molecule has 0 saturated carbocycles. The number of aliphatic carboxylic acids is 1. The van der Waals surface area contributed by atoms with Crippen LogP contribution in [0.5, 0.6) is 0 Å². The van der Waals surface area contributed by atoms with Gasteiger partial charge >= 0.3 is 12.1 Å². The zero-order valence-electron chi connectivity index (χ0n) is 11.5. The molecule has 126 valence electrons. The number of nitrogens with zero attached hydrogens (tertiary/aromatic N) is 1. The first-order chi connectivity index (χ1) is 10.6. The normalized spacial score (nSPS) is 12.3. The van der Waals surface area contributed by atoms with Gasteiger partial charge in [0.2, 0.25) is 5.91 Å². The molecule has 1 aromatic rings. The van der Waals surface area contributed by atoms with Gasteiger partial charge < -0.3 is 15.7 Å². The first-order valence-electron chi connectivity index (χ1n) is 6.16. The Morgan fingerprint density at radius 2 is 1.91 bits per heavy atom. The summed E-state index contributed by atoms with van der Waals surface area (Å²) in [5, 5.41) is 23.5. The van der Waals surface area contributed by atoms with E-state index in [4.69, 9.17) is 5.11 Å². The molecule has 23 heavy (non-hydrogen) atoms. The van der Waals surface area contributed by atoms with Crippen LogP contribution < -0.4 is 10.6 Å². The van der Waals surface area contributed by atoms with E-state index in [1.807, 2.05) is 0 Å². The summed E-state index contributed by atoms with van der Waals surface area (Å²) in [7, 11) is 0. The van der Waals surface area contributed by atoms with Crippen molar-refractivity contribution in [1.82, 2.24) is 5.32 Å². The second-order valence-corrected chi connectivity index (χ2v) is 4.41. The van der Waals surface area contributed by atoms with Crippen LogP contribution in [0.2, 0.25) is 0 Å². The third kappa shape index (κ3) is 6.20. The molecule has 0 aliphatic rings. The van der Waals surface area contributed by atoms with E-state index in [-0.39, 0.29) is 11.4 Å². The number of hydrogen-bond donors (Lipinski definition) is 3. The molecule has 1 aromatic carbocycles. The molecule has 1 unspecified atom stereocenters. The Bertz CT molecular complexity index is 606. The molecule has 3 N–H and O–H groups in total. The molecule has 0 spiro atoms. The largest absolute Gasteiger partial charge is 0.480 e. The van der Waals surface area contributed by atoms with Crippen LogP contribution in [0.1, 0.15) is 6.42 Å². The fourth-order valence-corrected chi connectivity index (χ4v) is 1.63. The second-order valence-electron chi connectivity index (χ2n) is 4.41. The molecule has 0 aliphatic heterocycles. The van der Waals surface area contributed by atoms with E-state index in [1.54, 1.807) is 5.32 Å². The summed E-state index contributed by atoms with van der Waals surface area (Å²) < 4.78 is 36.6. The summed E-state index contributed by atoms with van der Waals surface area (Å²) in [6, 6.07) is 3.19. The highest BCUT2D eigenvalue weighted by Gasteiger charge is 2.36. The topological polar surface area (TPSA) is 122 Å². The standard InChI is InChI=1S/C12H12F3N3O5/c13-12(14,15)5-8(11(20)21)17-10(19)6-16-7-3-1-2-4-9(7)18(22)23/h1-4,8,16H,5-6H2,(H,17,19)(H,20,21). The fraction of sp³-hybridized carbons (Fsp3) is 0.333. The molecule has 0 fully saturated rings. The third-order valence-electron chi connectivity index (χ3n) is 2.61. The van der Waals surface area contributed by atoms with Crippen LogP contribution in [0.3, 0.4) is 0 Å². The van der Waals surface area contributed by atoms with Crippen molar-refractivity contribution in [2.24, 2.45) is 0 Å². The minimum absolute atomic E-state index is 0.0182. The van der Waals surface area contributed by atoms with E-state index < -0.39 is 42.0 Å². The minimum Gasteiger partial charge on any atom is -0.480 e. The number of nitro groups is 1. The number of rotatable bonds is 7. The average Bonchev–Trinajstić information content (AvgIpc) is 2.43. The lowest BCUT2D eigenvalue weighted by Crippen LogP contribution is -2.45. The number of carbonyl (C=O) groups is 2. The number of nitro benzene ring substituents is 1. The van der Waals surface area contributed by atoms with E-state index in [0.29, 0.717) is 0 Å². The molecule has 11 heteroatoms. The number of carbonyl (C=O) groups excluding carboxylic acids is 1. The van der Waals surface area contributed by atoms with Gasteiger partial charge in [-0.2, -0.15) is 13.2 Å². The van der Waals surface area contributed by atoms with Gasteiger partial charge in [0.05, 0.1) is 17.9 Å². The van der Waals surface area contributed by atoms with Crippen molar-refractivity contribution in [3.63, 3.8) is 0 Å². The maximum atomic E-state index is 12.2. The van der Waals surface area contributed by atoms with Gasteiger partial charge in [0.25, 0.3) is 5.69 Å². The van der Waals surface area contributed by atoms with Crippen molar-refractivity contribution in [3.05, 3.63) is 34.4 Å². The molecule has 0 aliphatic carbocycles. The molecule has 1 rings (SSSR count). The summed E-state index contributed by atoms with van der Waals surface area (Å²) in [6.07, 6.45) is -6.48. The summed E-state index contributed by atoms with van der Waals surface area (Å²) in [6.45, 7) is -0.619. The zero-order valence-corrected chi connectivity index (χ0v) is 11.5. The first kappa shape index (κ1) is 18.2. The van der Waals surface area contributed by atoms with Gasteiger partial charge in [-0.1, -0.05) is 12.1 Å². The van der Waals surface area contributed by atoms with Gasteiger partial charge in [-0.05, 0) is 6.07 Å². The number of hydrogen-bond acceptors (Lipinski definition) is 5. The lowest BCUT2D eigenvalue weighted by Gasteiger charge is -2.16. The lowest BCUT2D eigenvalue weighted by atomic mass is 10.2. The van der Waals surface area contributed by atoms with Crippen LogP contribution in [0.25, 0.3) is 0 Å². The number of para-hydroxylation sites is 2. The van der Waals surface area contributed by atoms with Crippen LogP contribution in [-0.4, -0.2) is 40.7 Å². The lowest BCUT2D eigenvalue weighted by molar-refractivity contribution is -0.383. The van der Waals surface area contributed by atoms with Gasteiger partial charge in [-0.25, -0.2) is 4.79 Å². The molecule has 1 atom stereocenters.